The van der Waals surface area contributed by atoms with Crippen molar-refractivity contribution in [2.45, 2.75) is 38.6 Å². The minimum atomic E-state index is -0.219. The van der Waals surface area contributed by atoms with Crippen molar-refractivity contribution in [3.05, 3.63) is 32.6 Å². The number of nitrogens with zero attached hydrogens (tertiary/aromatic N) is 4. The lowest BCUT2D eigenvalue weighted by Gasteiger charge is -2.31. The molecule has 1 aliphatic rings. The van der Waals surface area contributed by atoms with Gasteiger partial charge in [-0.3, -0.25) is 19.5 Å². The zero-order chi connectivity index (χ0) is 21.0. The third-order valence-electron chi connectivity index (χ3n) is 5.84. The predicted octanol–water partition coefficient (Wildman–Crippen LogP) is 3.75. The smallest absolute Gasteiger partial charge is 0.261 e. The third-order valence-corrected chi connectivity index (χ3v) is 7.41. The first-order chi connectivity index (χ1) is 14.3. The zero-order valence-corrected chi connectivity index (χ0v) is 19.1. The first-order valence-electron chi connectivity index (χ1n) is 9.86. The molecular weight excluding hydrogens is 468 g/mol. The summed E-state index contributed by atoms with van der Waals surface area (Å²) in [6.07, 6.45) is 6.19. The molecule has 2 N–H and O–H groups in total. The number of aromatic amines is 1. The molecule has 5 heterocycles. The molecule has 0 radical (unpaired) electrons. The molecule has 0 atom stereocenters. The van der Waals surface area contributed by atoms with Crippen molar-refractivity contribution in [3.8, 4) is 0 Å². The Labute approximate surface area is 184 Å². The molecule has 1 fully saturated rings. The number of aromatic nitrogens is 4. The molecule has 5 rings (SSSR count). The number of pyridine rings is 2. The van der Waals surface area contributed by atoms with Gasteiger partial charge in [-0.05, 0) is 55.2 Å². The number of amides is 1. The predicted molar refractivity (Wildman–Crippen MR) is 122 cm³/mol. The van der Waals surface area contributed by atoms with Gasteiger partial charge in [-0.1, -0.05) is 0 Å². The van der Waals surface area contributed by atoms with E-state index in [1.54, 1.807) is 16.8 Å². The maximum Gasteiger partial charge on any atom is 0.261 e. The van der Waals surface area contributed by atoms with E-state index in [-0.39, 0.29) is 17.0 Å². The van der Waals surface area contributed by atoms with Gasteiger partial charge in [0.1, 0.15) is 21.3 Å². The average molecular weight is 489 g/mol. The van der Waals surface area contributed by atoms with E-state index in [4.69, 9.17) is 0 Å². The lowest BCUT2D eigenvalue weighted by molar-refractivity contribution is -0.116. The summed E-state index contributed by atoms with van der Waals surface area (Å²) in [5.41, 5.74) is 2.21. The second kappa shape index (κ2) is 7.14. The number of nitrogens with one attached hydrogen (secondary N) is 2. The molecule has 4 aromatic rings. The molecule has 0 unspecified atom stereocenters. The zero-order valence-electron chi connectivity index (χ0n) is 16.7. The van der Waals surface area contributed by atoms with Gasteiger partial charge in [0.2, 0.25) is 5.91 Å². The normalized spacial score (nSPS) is 16.8. The molecule has 0 saturated carbocycles. The lowest BCUT2D eigenvalue weighted by atomic mass is 10.0. The highest BCUT2D eigenvalue weighted by Gasteiger charge is 2.31. The molecule has 1 saturated heterocycles. The highest BCUT2D eigenvalue weighted by molar-refractivity contribution is 9.11. The van der Waals surface area contributed by atoms with E-state index in [2.05, 4.69) is 55.1 Å². The van der Waals surface area contributed by atoms with E-state index in [1.165, 1.54) is 17.8 Å². The molecule has 156 valence electrons. The molecule has 0 aliphatic carbocycles. The second-order valence-electron chi connectivity index (χ2n) is 8.28. The van der Waals surface area contributed by atoms with Crippen LogP contribution in [0.15, 0.2) is 27.0 Å². The molecule has 1 amide bonds. The van der Waals surface area contributed by atoms with Crippen molar-refractivity contribution in [2.24, 2.45) is 0 Å². The van der Waals surface area contributed by atoms with Gasteiger partial charge in [0.05, 0.1) is 27.4 Å². The van der Waals surface area contributed by atoms with Crippen LogP contribution < -0.4 is 10.9 Å². The van der Waals surface area contributed by atoms with Crippen molar-refractivity contribution >= 4 is 65.6 Å². The molecule has 0 spiro atoms. The van der Waals surface area contributed by atoms with Gasteiger partial charge < -0.3 is 10.3 Å². The van der Waals surface area contributed by atoms with Crippen LogP contribution in [0.25, 0.3) is 26.8 Å². The summed E-state index contributed by atoms with van der Waals surface area (Å²) in [6, 6.07) is 1.74. The Kier molecular flexibility index (Phi) is 4.68. The van der Waals surface area contributed by atoms with E-state index in [9.17, 15) is 9.59 Å². The second-order valence-corrected chi connectivity index (χ2v) is 10.7. The van der Waals surface area contributed by atoms with E-state index in [0.717, 1.165) is 28.1 Å². The standard InChI is InChI=1S/C20H21BrN6O2S/c1-20(2)5-3-6-26(20)7-4-14(28)23-11-8-12-16(22-9-11)17-15(18(29)24-12)19-27(25-17)10-13(21)30-19/h8-10H,3-7H2,1-2H3,(H,23,28)(H,24,29). The molecule has 8 nitrogen and oxygen atoms in total. The third kappa shape index (κ3) is 3.32. The molecule has 30 heavy (non-hydrogen) atoms. The summed E-state index contributed by atoms with van der Waals surface area (Å²) in [4.78, 5) is 35.6. The van der Waals surface area contributed by atoms with Crippen LogP contribution in [-0.4, -0.2) is 49.0 Å². The van der Waals surface area contributed by atoms with Gasteiger partial charge >= 0.3 is 0 Å². The van der Waals surface area contributed by atoms with Crippen LogP contribution in [0, 0.1) is 0 Å². The molecule has 0 bridgehead atoms. The van der Waals surface area contributed by atoms with Gasteiger partial charge in [0, 0.05) is 18.5 Å². The van der Waals surface area contributed by atoms with Gasteiger partial charge in [-0.15, -0.1) is 11.3 Å². The Morgan fingerprint density at radius 1 is 1.40 bits per heavy atom. The first kappa shape index (κ1) is 19.7. The SMILES string of the molecule is CC1(C)CCCN1CCC(=O)Nc1cnc2c(c1)[nH]c(=O)c1c2nn2cc(Br)sc12. The van der Waals surface area contributed by atoms with Gasteiger partial charge in [0.15, 0.2) is 0 Å². The van der Waals surface area contributed by atoms with Crippen LogP contribution in [0.3, 0.4) is 0 Å². The van der Waals surface area contributed by atoms with E-state index in [0.29, 0.717) is 34.0 Å². The Morgan fingerprint density at radius 2 is 2.23 bits per heavy atom. The topological polar surface area (TPSA) is 95.4 Å². The Hall–Kier alpha value is -2.30. The summed E-state index contributed by atoms with van der Waals surface area (Å²) in [5.74, 6) is -0.0605. The van der Waals surface area contributed by atoms with Crippen LogP contribution in [0.2, 0.25) is 0 Å². The Bertz CT molecular complexity index is 1350. The maximum atomic E-state index is 12.7. The number of hydrogen-bond acceptors (Lipinski definition) is 6. The number of thiazole rings is 1. The lowest BCUT2D eigenvalue weighted by Crippen LogP contribution is -2.39. The van der Waals surface area contributed by atoms with Crippen LogP contribution >= 0.6 is 27.3 Å². The van der Waals surface area contributed by atoms with Crippen LogP contribution in [0.5, 0.6) is 0 Å². The highest BCUT2D eigenvalue weighted by Crippen LogP contribution is 2.31. The van der Waals surface area contributed by atoms with Crippen molar-refractivity contribution in [3.63, 3.8) is 0 Å². The molecule has 1 aliphatic heterocycles. The van der Waals surface area contributed by atoms with Crippen molar-refractivity contribution in [1.29, 1.82) is 0 Å². The van der Waals surface area contributed by atoms with Crippen molar-refractivity contribution in [1.82, 2.24) is 24.5 Å². The van der Waals surface area contributed by atoms with Crippen molar-refractivity contribution in [2.75, 3.05) is 18.4 Å². The van der Waals surface area contributed by atoms with Gasteiger partial charge in [-0.25, -0.2) is 4.52 Å². The van der Waals surface area contributed by atoms with E-state index < -0.39 is 0 Å². The highest BCUT2D eigenvalue weighted by atomic mass is 79.9. The number of H-pyrrole nitrogens is 1. The van der Waals surface area contributed by atoms with E-state index >= 15 is 0 Å². The number of anilines is 1. The van der Waals surface area contributed by atoms with Gasteiger partial charge in [-0.2, -0.15) is 5.10 Å². The Balaban J connectivity index is 1.40. The number of fused-ring (bicyclic) bond motifs is 5. The van der Waals surface area contributed by atoms with Crippen LogP contribution in [0.1, 0.15) is 33.1 Å². The number of carbonyl (C=O) groups excluding carboxylic acids is 1. The molecule has 0 aromatic carbocycles. The fourth-order valence-electron chi connectivity index (χ4n) is 4.23. The fourth-order valence-corrected chi connectivity index (χ4v) is 5.70. The number of halogens is 1. The maximum absolute atomic E-state index is 12.7. The van der Waals surface area contributed by atoms with Crippen LogP contribution in [-0.2, 0) is 4.79 Å². The van der Waals surface area contributed by atoms with Gasteiger partial charge in [0.25, 0.3) is 5.56 Å². The summed E-state index contributed by atoms with van der Waals surface area (Å²) in [6.45, 7) is 6.22. The number of likely N-dealkylation sites (tertiary alicyclic amines) is 1. The quantitative estimate of drug-likeness (QED) is 0.455. The summed E-state index contributed by atoms with van der Waals surface area (Å²) < 4.78 is 2.58. The number of rotatable bonds is 4. The number of carbonyl (C=O) groups is 1. The van der Waals surface area contributed by atoms with Crippen molar-refractivity contribution < 1.29 is 4.79 Å². The number of hydrogen-bond donors (Lipinski definition) is 2. The molecule has 10 heteroatoms. The summed E-state index contributed by atoms with van der Waals surface area (Å²) in [7, 11) is 0. The fraction of sp³-hybridized carbons (Fsp3) is 0.400. The minimum Gasteiger partial charge on any atom is -0.325 e. The summed E-state index contributed by atoms with van der Waals surface area (Å²) >= 11 is 4.87. The van der Waals surface area contributed by atoms with E-state index in [1.807, 2.05) is 6.20 Å². The first-order valence-corrected chi connectivity index (χ1v) is 11.5. The Morgan fingerprint density at radius 3 is 3.00 bits per heavy atom. The average Bonchev–Trinajstić information content (AvgIpc) is 3.31. The minimum absolute atomic E-state index is 0.0605. The van der Waals surface area contributed by atoms with Crippen LogP contribution in [0.4, 0.5) is 5.69 Å². The monoisotopic (exact) mass is 488 g/mol. The molecular formula is C20H21BrN6O2S. The molecule has 4 aromatic heterocycles. The largest absolute Gasteiger partial charge is 0.325 e. The summed E-state index contributed by atoms with van der Waals surface area (Å²) in [5, 5.41) is 7.95.